The van der Waals surface area contributed by atoms with Crippen LogP contribution in [0.5, 0.6) is 0 Å². The maximum Gasteiger partial charge on any atom is 0.265 e. The van der Waals surface area contributed by atoms with E-state index in [0.29, 0.717) is 60.2 Å². The number of benzene rings is 1. The van der Waals surface area contributed by atoms with Crippen molar-refractivity contribution in [1.29, 1.82) is 0 Å². The van der Waals surface area contributed by atoms with E-state index in [1.807, 2.05) is 24.3 Å². The van der Waals surface area contributed by atoms with Gasteiger partial charge in [0.2, 0.25) is 11.8 Å². The highest BCUT2D eigenvalue weighted by molar-refractivity contribution is 7.17. The number of guanidine groups is 1. The van der Waals surface area contributed by atoms with E-state index in [-0.39, 0.29) is 42.0 Å². The lowest BCUT2D eigenvalue weighted by Gasteiger charge is -2.31. The molecule has 3 rings (SSSR count). The predicted octanol–water partition coefficient (Wildman–Crippen LogP) is 1.81. The molecule has 2 aromatic rings. The molecule has 6 N–H and O–H groups in total. The van der Waals surface area contributed by atoms with Gasteiger partial charge < -0.3 is 27.0 Å². The molecule has 2 heterocycles. The number of anilines is 1. The van der Waals surface area contributed by atoms with Crippen LogP contribution in [0, 0.1) is 5.92 Å². The Labute approximate surface area is 208 Å². The van der Waals surface area contributed by atoms with Crippen LogP contribution in [0.4, 0.5) is 10.8 Å². The number of carbonyl (C=O) groups excluding carboxylic acids is 3. The van der Waals surface area contributed by atoms with E-state index in [4.69, 9.17) is 11.5 Å². The summed E-state index contributed by atoms with van der Waals surface area (Å²) >= 11 is 1.19. The minimum absolute atomic E-state index is 0. The predicted molar refractivity (Wildman–Crippen MR) is 136 cm³/mol. The van der Waals surface area contributed by atoms with Crippen molar-refractivity contribution in [3.63, 3.8) is 0 Å². The van der Waals surface area contributed by atoms with E-state index < -0.39 is 0 Å². The van der Waals surface area contributed by atoms with Gasteiger partial charge in [-0.15, -0.1) is 12.4 Å². The lowest BCUT2D eigenvalue weighted by atomic mass is 9.96. The Morgan fingerprint density at radius 1 is 1.15 bits per heavy atom. The van der Waals surface area contributed by atoms with Crippen molar-refractivity contribution >= 4 is 58.2 Å². The standard InChI is InChI=1S/C22H29N7O3S.ClH/c1-13(30)26-22-28-17(8-5-14-3-6-16(7-4-14)27-21(23)24)18(33-22)20(32)29-11-9-15(10-12-29)19(31)25-2;/h3-4,6-7,15H,5,8-12H2,1-2H3,(H,25,31)(H4,23,24,27)(H,26,28,30);1H. The average Bonchev–Trinajstić information content (AvgIpc) is 3.19. The number of aromatic nitrogens is 1. The first-order valence-electron chi connectivity index (χ1n) is 10.7. The monoisotopic (exact) mass is 507 g/mol. The highest BCUT2D eigenvalue weighted by Crippen LogP contribution is 2.28. The van der Waals surface area contributed by atoms with Crippen LogP contribution in [0.3, 0.4) is 0 Å². The molecule has 0 atom stereocenters. The van der Waals surface area contributed by atoms with Crippen molar-refractivity contribution in [3.8, 4) is 0 Å². The molecule has 184 valence electrons. The molecule has 1 saturated heterocycles. The van der Waals surface area contributed by atoms with Gasteiger partial charge in [-0.25, -0.2) is 9.98 Å². The molecule has 1 aromatic carbocycles. The Balaban J connectivity index is 0.00000408. The number of likely N-dealkylation sites (tertiary alicyclic amines) is 1. The molecule has 1 fully saturated rings. The molecule has 0 saturated carbocycles. The van der Waals surface area contributed by atoms with Crippen LogP contribution in [0.2, 0.25) is 0 Å². The summed E-state index contributed by atoms with van der Waals surface area (Å²) in [5.41, 5.74) is 13.2. The summed E-state index contributed by atoms with van der Waals surface area (Å²) in [4.78, 5) is 47.5. The molecular formula is C22H30ClN7O3S. The minimum atomic E-state index is -0.240. The van der Waals surface area contributed by atoms with Crippen LogP contribution in [0.1, 0.15) is 40.7 Å². The van der Waals surface area contributed by atoms with Crippen molar-refractivity contribution in [1.82, 2.24) is 15.2 Å². The zero-order valence-corrected chi connectivity index (χ0v) is 20.8. The molecule has 1 aromatic heterocycles. The van der Waals surface area contributed by atoms with Crippen LogP contribution in [0.25, 0.3) is 0 Å². The van der Waals surface area contributed by atoms with Gasteiger partial charge in [0.15, 0.2) is 11.1 Å². The lowest BCUT2D eigenvalue weighted by Crippen LogP contribution is -2.42. The van der Waals surface area contributed by atoms with Crippen LogP contribution in [-0.4, -0.2) is 53.7 Å². The smallest absolute Gasteiger partial charge is 0.265 e. The zero-order chi connectivity index (χ0) is 24.0. The number of nitrogens with one attached hydrogen (secondary N) is 2. The average molecular weight is 508 g/mol. The van der Waals surface area contributed by atoms with E-state index in [0.717, 1.165) is 5.56 Å². The topological polar surface area (TPSA) is 156 Å². The third-order valence-corrected chi connectivity index (χ3v) is 6.42. The molecule has 1 aliphatic heterocycles. The van der Waals surface area contributed by atoms with Gasteiger partial charge >= 0.3 is 0 Å². The second kappa shape index (κ2) is 12.3. The van der Waals surface area contributed by atoms with Gasteiger partial charge in [0.25, 0.3) is 5.91 Å². The molecule has 10 nitrogen and oxygen atoms in total. The number of amides is 3. The lowest BCUT2D eigenvalue weighted by molar-refractivity contribution is -0.125. The summed E-state index contributed by atoms with van der Waals surface area (Å²) in [5.74, 6) is -0.414. The number of rotatable bonds is 7. The first-order valence-corrected chi connectivity index (χ1v) is 11.5. The Kier molecular flexibility index (Phi) is 9.82. The Bertz CT molecular complexity index is 1040. The van der Waals surface area contributed by atoms with Gasteiger partial charge in [-0.1, -0.05) is 23.5 Å². The number of nitrogens with zero attached hydrogens (tertiary/aromatic N) is 3. The van der Waals surface area contributed by atoms with Crippen LogP contribution < -0.4 is 22.1 Å². The van der Waals surface area contributed by atoms with E-state index in [2.05, 4.69) is 20.6 Å². The van der Waals surface area contributed by atoms with Crippen LogP contribution in [0.15, 0.2) is 29.3 Å². The normalized spacial score (nSPS) is 13.5. The van der Waals surface area contributed by atoms with E-state index in [1.54, 1.807) is 11.9 Å². The van der Waals surface area contributed by atoms with Gasteiger partial charge in [0.1, 0.15) is 4.88 Å². The maximum absolute atomic E-state index is 13.3. The molecule has 0 unspecified atom stereocenters. The number of aryl methyl sites for hydroxylation is 2. The summed E-state index contributed by atoms with van der Waals surface area (Å²) in [5, 5.41) is 5.77. The van der Waals surface area contributed by atoms with Gasteiger partial charge in [0, 0.05) is 33.0 Å². The number of piperidine rings is 1. The second-order valence-electron chi connectivity index (χ2n) is 7.86. The molecule has 0 aliphatic carbocycles. The van der Waals surface area contributed by atoms with E-state index >= 15 is 0 Å². The molecule has 1 aliphatic rings. The third-order valence-electron chi connectivity index (χ3n) is 5.42. The number of nitrogens with two attached hydrogens (primary N) is 2. The number of carbonyl (C=O) groups is 3. The molecule has 3 amide bonds. The zero-order valence-electron chi connectivity index (χ0n) is 19.2. The molecule has 0 radical (unpaired) electrons. The Hall–Kier alpha value is -3.18. The minimum Gasteiger partial charge on any atom is -0.370 e. The fourth-order valence-corrected chi connectivity index (χ4v) is 4.76. The van der Waals surface area contributed by atoms with Crippen molar-refractivity contribution in [2.75, 3.05) is 25.5 Å². The number of thiazole rings is 1. The quantitative estimate of drug-likeness (QED) is 0.331. The third kappa shape index (κ3) is 7.16. The summed E-state index contributed by atoms with van der Waals surface area (Å²) < 4.78 is 0. The largest absolute Gasteiger partial charge is 0.370 e. The van der Waals surface area contributed by atoms with Crippen LogP contribution >= 0.6 is 23.7 Å². The second-order valence-corrected chi connectivity index (χ2v) is 8.86. The molecule has 0 bridgehead atoms. The van der Waals surface area contributed by atoms with Crippen LogP contribution in [-0.2, 0) is 22.4 Å². The summed E-state index contributed by atoms with van der Waals surface area (Å²) in [7, 11) is 1.63. The number of hydrogen-bond donors (Lipinski definition) is 4. The summed E-state index contributed by atoms with van der Waals surface area (Å²) in [6.45, 7) is 2.43. The van der Waals surface area contributed by atoms with Crippen molar-refractivity contribution in [2.45, 2.75) is 32.6 Å². The summed E-state index contributed by atoms with van der Waals surface area (Å²) in [6.07, 6.45) is 2.44. The fraction of sp³-hybridized carbons (Fsp3) is 0.409. The fourth-order valence-electron chi connectivity index (χ4n) is 3.73. The highest BCUT2D eigenvalue weighted by atomic mass is 35.5. The number of halogens is 1. The van der Waals surface area contributed by atoms with E-state index in [9.17, 15) is 14.4 Å². The highest BCUT2D eigenvalue weighted by Gasteiger charge is 2.29. The van der Waals surface area contributed by atoms with Crippen molar-refractivity contribution in [2.24, 2.45) is 22.4 Å². The van der Waals surface area contributed by atoms with Gasteiger partial charge in [-0.3, -0.25) is 14.4 Å². The summed E-state index contributed by atoms with van der Waals surface area (Å²) in [6, 6.07) is 7.49. The first-order chi connectivity index (χ1) is 15.8. The van der Waals surface area contributed by atoms with Gasteiger partial charge in [-0.05, 0) is 43.4 Å². The Morgan fingerprint density at radius 2 is 1.79 bits per heavy atom. The van der Waals surface area contributed by atoms with Crippen molar-refractivity contribution < 1.29 is 14.4 Å². The molecule has 0 spiro atoms. The SMILES string of the molecule is CNC(=O)C1CCN(C(=O)c2sc(NC(C)=O)nc2CCc2ccc(N=C(N)N)cc2)CC1.Cl. The maximum atomic E-state index is 13.3. The van der Waals surface area contributed by atoms with Crippen molar-refractivity contribution in [3.05, 3.63) is 40.4 Å². The molecule has 12 heteroatoms. The van der Waals surface area contributed by atoms with Gasteiger partial charge in [0.05, 0.1) is 11.4 Å². The number of aliphatic imine (C=N–C) groups is 1. The molecular weight excluding hydrogens is 478 g/mol. The van der Waals surface area contributed by atoms with Gasteiger partial charge in [-0.2, -0.15) is 0 Å². The Morgan fingerprint density at radius 3 is 2.35 bits per heavy atom. The molecule has 34 heavy (non-hydrogen) atoms. The van der Waals surface area contributed by atoms with E-state index in [1.165, 1.54) is 18.3 Å². The number of hydrogen-bond acceptors (Lipinski definition) is 6. The first kappa shape index (κ1) is 27.1.